The quantitative estimate of drug-likeness (QED) is 0.703. The van der Waals surface area contributed by atoms with Crippen LogP contribution in [0, 0.1) is 0 Å². The molecule has 1 aliphatic rings. The van der Waals surface area contributed by atoms with Gasteiger partial charge in [0.05, 0.1) is 5.37 Å². The van der Waals surface area contributed by atoms with Crippen molar-refractivity contribution in [1.29, 1.82) is 0 Å². The van der Waals surface area contributed by atoms with E-state index in [0.717, 1.165) is 17.0 Å². The monoisotopic (exact) mass is 230 g/mol. The molecule has 0 radical (unpaired) electrons. The van der Waals surface area contributed by atoms with Crippen LogP contribution >= 0.6 is 11.8 Å². The lowest BCUT2D eigenvalue weighted by molar-refractivity contribution is -0.139. The topological polar surface area (TPSA) is 64.3 Å². The Balaban J connectivity index is 2.52. The summed E-state index contributed by atoms with van der Waals surface area (Å²) in [6.07, 6.45) is 0. The van der Waals surface area contributed by atoms with E-state index in [1.54, 1.807) is 11.8 Å². The van der Waals surface area contributed by atoms with Gasteiger partial charge in [-0.15, -0.1) is 11.8 Å². The van der Waals surface area contributed by atoms with Gasteiger partial charge >= 0.3 is 5.97 Å². The lowest BCUT2D eigenvalue weighted by Crippen LogP contribution is -2.43. The Bertz CT molecular complexity index is 277. The van der Waals surface area contributed by atoms with E-state index in [1.807, 2.05) is 13.8 Å². The van der Waals surface area contributed by atoms with Crippen molar-refractivity contribution in [3.8, 4) is 0 Å². The van der Waals surface area contributed by atoms with Gasteiger partial charge in [0.25, 0.3) is 0 Å². The molecule has 15 heavy (non-hydrogen) atoms. The van der Waals surface area contributed by atoms with E-state index in [0.29, 0.717) is 6.61 Å². The average molecular weight is 230 g/mol. The second kappa shape index (κ2) is 5.42. The number of thioether (sulfide) groups is 1. The third-order valence-corrected chi connectivity index (χ3v) is 3.67. The second-order valence-electron chi connectivity index (χ2n) is 3.74. The van der Waals surface area contributed by atoms with Crippen molar-refractivity contribution in [2.45, 2.75) is 32.2 Å². The number of nitrogens with one attached hydrogen (secondary N) is 1. The van der Waals surface area contributed by atoms with Gasteiger partial charge in [0.2, 0.25) is 0 Å². The third-order valence-electron chi connectivity index (χ3n) is 2.25. The molecule has 2 atom stereocenters. The first-order valence-corrected chi connectivity index (χ1v) is 6.01. The van der Waals surface area contributed by atoms with E-state index in [4.69, 9.17) is 10.5 Å². The molecule has 0 spiro atoms. The number of hydrogen-bond donors (Lipinski definition) is 2. The number of allylic oxidation sites excluding steroid dienone is 1. The molecule has 0 aromatic rings. The maximum absolute atomic E-state index is 10.7. The highest BCUT2D eigenvalue weighted by Crippen LogP contribution is 2.23. The third kappa shape index (κ3) is 3.76. The fourth-order valence-electron chi connectivity index (χ4n) is 1.28. The standard InChI is InChI=1S/C10H18N2O2S/c1-6(11)10-12-7(2)9(5-15-10)4-14-8(3)13/h6,10,12H,4-5,11H2,1-3H3. The van der Waals surface area contributed by atoms with Crippen molar-refractivity contribution in [3.63, 3.8) is 0 Å². The molecule has 3 N–H and O–H groups in total. The zero-order chi connectivity index (χ0) is 11.4. The Morgan fingerprint density at radius 3 is 2.93 bits per heavy atom. The SMILES string of the molecule is CC(=O)OCC1=C(C)NC(C(C)N)SC1. The van der Waals surface area contributed by atoms with E-state index in [9.17, 15) is 4.79 Å². The first kappa shape index (κ1) is 12.4. The van der Waals surface area contributed by atoms with Gasteiger partial charge in [-0.05, 0) is 19.4 Å². The molecule has 1 aliphatic heterocycles. The Morgan fingerprint density at radius 2 is 2.47 bits per heavy atom. The molecule has 4 nitrogen and oxygen atoms in total. The molecule has 0 aromatic heterocycles. The van der Waals surface area contributed by atoms with Crippen molar-refractivity contribution in [2.75, 3.05) is 12.4 Å². The van der Waals surface area contributed by atoms with E-state index in [1.165, 1.54) is 6.92 Å². The molecule has 0 fully saturated rings. The number of esters is 1. The van der Waals surface area contributed by atoms with Crippen LogP contribution in [0.1, 0.15) is 20.8 Å². The number of nitrogens with two attached hydrogens (primary N) is 1. The van der Waals surface area contributed by atoms with Crippen molar-refractivity contribution in [3.05, 3.63) is 11.3 Å². The second-order valence-corrected chi connectivity index (χ2v) is 4.87. The van der Waals surface area contributed by atoms with Gasteiger partial charge in [0.15, 0.2) is 0 Å². The molecule has 5 heteroatoms. The highest BCUT2D eigenvalue weighted by molar-refractivity contribution is 8.00. The van der Waals surface area contributed by atoms with Gasteiger partial charge in [-0.25, -0.2) is 0 Å². The lowest BCUT2D eigenvalue weighted by Gasteiger charge is -2.29. The van der Waals surface area contributed by atoms with Crippen molar-refractivity contribution >= 4 is 17.7 Å². The summed E-state index contributed by atoms with van der Waals surface area (Å²) in [5.41, 5.74) is 8.02. The summed E-state index contributed by atoms with van der Waals surface area (Å²) in [5.74, 6) is 0.632. The van der Waals surface area contributed by atoms with Crippen LogP contribution in [0.5, 0.6) is 0 Å². The van der Waals surface area contributed by atoms with Crippen molar-refractivity contribution in [1.82, 2.24) is 5.32 Å². The van der Waals surface area contributed by atoms with E-state index in [2.05, 4.69) is 5.32 Å². The van der Waals surface area contributed by atoms with E-state index >= 15 is 0 Å². The molecule has 2 unspecified atom stereocenters. The number of ether oxygens (including phenoxy) is 1. The normalized spacial score (nSPS) is 23.3. The number of carbonyl (C=O) groups excluding carboxylic acids is 1. The number of hydrogen-bond acceptors (Lipinski definition) is 5. The summed E-state index contributed by atoms with van der Waals surface area (Å²) < 4.78 is 4.97. The minimum atomic E-state index is -0.241. The van der Waals surface area contributed by atoms with Crippen LogP contribution in [0.4, 0.5) is 0 Å². The Kier molecular flexibility index (Phi) is 4.47. The summed E-state index contributed by atoms with van der Waals surface area (Å²) in [5, 5.41) is 3.57. The Morgan fingerprint density at radius 1 is 1.80 bits per heavy atom. The van der Waals surface area contributed by atoms with Crippen molar-refractivity contribution < 1.29 is 9.53 Å². The molecular formula is C10H18N2O2S. The van der Waals surface area contributed by atoms with Gasteiger partial charge in [-0.2, -0.15) is 0 Å². The van der Waals surface area contributed by atoms with E-state index < -0.39 is 0 Å². The van der Waals surface area contributed by atoms with Gasteiger partial charge in [-0.3, -0.25) is 4.79 Å². The molecular weight excluding hydrogens is 212 g/mol. The van der Waals surface area contributed by atoms with Gasteiger partial charge in [-0.1, -0.05) is 0 Å². The molecule has 0 aromatic carbocycles. The molecule has 0 bridgehead atoms. The minimum absolute atomic E-state index is 0.111. The highest BCUT2D eigenvalue weighted by atomic mass is 32.2. The van der Waals surface area contributed by atoms with Crippen LogP contribution < -0.4 is 11.1 Å². The lowest BCUT2D eigenvalue weighted by atomic mass is 10.2. The van der Waals surface area contributed by atoms with Crippen molar-refractivity contribution in [2.24, 2.45) is 5.73 Å². The van der Waals surface area contributed by atoms with Gasteiger partial charge in [0.1, 0.15) is 6.61 Å². The summed E-state index contributed by atoms with van der Waals surface area (Å²) in [7, 11) is 0. The number of carbonyl (C=O) groups is 1. The Hall–Kier alpha value is -0.680. The first-order valence-electron chi connectivity index (χ1n) is 4.96. The maximum Gasteiger partial charge on any atom is 0.302 e. The smallest absolute Gasteiger partial charge is 0.302 e. The molecule has 0 saturated heterocycles. The molecule has 86 valence electrons. The fraction of sp³-hybridized carbons (Fsp3) is 0.700. The molecule has 0 saturated carbocycles. The summed E-state index contributed by atoms with van der Waals surface area (Å²) >= 11 is 1.75. The summed E-state index contributed by atoms with van der Waals surface area (Å²) in [4.78, 5) is 10.7. The van der Waals surface area contributed by atoms with Gasteiger partial charge < -0.3 is 15.8 Å². The van der Waals surface area contributed by atoms with Crippen LogP contribution in [0.3, 0.4) is 0 Å². The van der Waals surface area contributed by atoms with Gasteiger partial charge in [0, 0.05) is 24.4 Å². The molecule has 1 rings (SSSR count). The van der Waals surface area contributed by atoms with Crippen LogP contribution in [-0.2, 0) is 9.53 Å². The zero-order valence-electron chi connectivity index (χ0n) is 9.37. The first-order chi connectivity index (χ1) is 7.00. The summed E-state index contributed by atoms with van der Waals surface area (Å²) in [6, 6.07) is 0.111. The average Bonchev–Trinajstić information content (AvgIpc) is 2.15. The largest absolute Gasteiger partial charge is 0.461 e. The van der Waals surface area contributed by atoms with E-state index in [-0.39, 0.29) is 17.4 Å². The highest BCUT2D eigenvalue weighted by Gasteiger charge is 2.21. The summed E-state index contributed by atoms with van der Waals surface area (Å²) in [6.45, 7) is 5.78. The number of rotatable bonds is 3. The predicted molar refractivity (Wildman–Crippen MR) is 62.4 cm³/mol. The predicted octanol–water partition coefficient (Wildman–Crippen LogP) is 0.833. The maximum atomic E-state index is 10.7. The zero-order valence-corrected chi connectivity index (χ0v) is 10.2. The molecule has 1 heterocycles. The van der Waals surface area contributed by atoms with Crippen LogP contribution in [0.2, 0.25) is 0 Å². The van der Waals surface area contributed by atoms with Crippen LogP contribution in [-0.4, -0.2) is 29.7 Å². The molecule has 0 amide bonds. The van der Waals surface area contributed by atoms with Crippen LogP contribution in [0.15, 0.2) is 11.3 Å². The van der Waals surface area contributed by atoms with Crippen LogP contribution in [0.25, 0.3) is 0 Å². The fourth-order valence-corrected chi connectivity index (χ4v) is 2.52. The minimum Gasteiger partial charge on any atom is -0.461 e. The molecule has 0 aliphatic carbocycles. The Labute approximate surface area is 94.6 Å².